The Kier molecular flexibility index (Phi) is 6.50. The summed E-state index contributed by atoms with van der Waals surface area (Å²) in [7, 11) is 0. The van der Waals surface area contributed by atoms with Gasteiger partial charge in [-0.15, -0.1) is 0 Å². The van der Waals surface area contributed by atoms with Gasteiger partial charge in [0.15, 0.2) is 0 Å². The third-order valence-electron chi connectivity index (χ3n) is 5.82. The fourth-order valence-corrected chi connectivity index (χ4v) is 3.93. The number of ether oxygens (including phenoxy) is 1. The van der Waals surface area contributed by atoms with E-state index in [9.17, 15) is 9.18 Å². The van der Waals surface area contributed by atoms with Gasteiger partial charge in [0, 0.05) is 11.0 Å². The first kappa shape index (κ1) is 23.2. The predicted molar refractivity (Wildman–Crippen MR) is 133 cm³/mol. The quantitative estimate of drug-likeness (QED) is 0.347. The molecule has 0 fully saturated rings. The number of hydrogen-bond acceptors (Lipinski definition) is 3. The summed E-state index contributed by atoms with van der Waals surface area (Å²) in [6.07, 6.45) is 1.35. The molecule has 6 heteroatoms. The van der Waals surface area contributed by atoms with Crippen molar-refractivity contribution in [1.29, 1.82) is 0 Å². The Labute approximate surface area is 198 Å². The SMILES string of the molecule is C=C(C)C(=O)N[C@@H](C)[C@H](Oc1ccc2c(cnn2-c2ccc(F)cc2)c1)c1cc(C)ccc1C. The highest BCUT2D eigenvalue weighted by molar-refractivity contribution is 5.92. The van der Waals surface area contributed by atoms with Crippen LogP contribution in [-0.4, -0.2) is 21.7 Å². The van der Waals surface area contributed by atoms with E-state index in [1.165, 1.54) is 12.1 Å². The van der Waals surface area contributed by atoms with Crippen molar-refractivity contribution in [2.75, 3.05) is 0 Å². The summed E-state index contributed by atoms with van der Waals surface area (Å²) in [5.41, 5.74) is 5.30. The summed E-state index contributed by atoms with van der Waals surface area (Å²) < 4.78 is 21.6. The average molecular weight is 458 g/mol. The van der Waals surface area contributed by atoms with Gasteiger partial charge >= 0.3 is 0 Å². The van der Waals surface area contributed by atoms with Crippen LogP contribution in [0.4, 0.5) is 4.39 Å². The maximum atomic E-state index is 13.3. The molecule has 0 aliphatic heterocycles. The molecule has 0 bridgehead atoms. The standard InChI is InChI=1S/C28H28FN3O2/c1-17(2)28(33)31-20(5)27(25-14-18(3)6-7-19(25)4)34-24-12-13-26-21(15-24)16-30-32(26)23-10-8-22(29)9-11-23/h6-16,20,27H,1H2,2-5H3,(H,31,33)/t20-,27-/m0/s1. The van der Waals surface area contributed by atoms with Crippen LogP contribution in [0.2, 0.25) is 0 Å². The van der Waals surface area contributed by atoms with Crippen molar-refractivity contribution >= 4 is 16.8 Å². The second-order valence-corrected chi connectivity index (χ2v) is 8.69. The molecule has 0 unspecified atom stereocenters. The fraction of sp³-hybridized carbons (Fsp3) is 0.214. The van der Waals surface area contributed by atoms with E-state index in [4.69, 9.17) is 4.74 Å². The topological polar surface area (TPSA) is 56.1 Å². The molecular formula is C28H28FN3O2. The lowest BCUT2D eigenvalue weighted by Crippen LogP contribution is -2.39. The highest BCUT2D eigenvalue weighted by atomic mass is 19.1. The zero-order valence-electron chi connectivity index (χ0n) is 19.8. The summed E-state index contributed by atoms with van der Waals surface area (Å²) in [4.78, 5) is 12.3. The second kappa shape index (κ2) is 9.51. The molecule has 174 valence electrons. The lowest BCUT2D eigenvalue weighted by Gasteiger charge is -2.28. The average Bonchev–Trinajstić information content (AvgIpc) is 3.23. The number of nitrogens with zero attached hydrogens (tertiary/aromatic N) is 2. The van der Waals surface area contributed by atoms with Crippen molar-refractivity contribution in [3.8, 4) is 11.4 Å². The van der Waals surface area contributed by atoms with Crippen molar-refractivity contribution in [3.63, 3.8) is 0 Å². The molecule has 1 heterocycles. The van der Waals surface area contributed by atoms with Crippen LogP contribution in [0, 0.1) is 19.7 Å². The van der Waals surface area contributed by atoms with Gasteiger partial charge < -0.3 is 10.1 Å². The summed E-state index contributed by atoms with van der Waals surface area (Å²) in [5.74, 6) is 0.164. The Balaban J connectivity index is 1.68. The Morgan fingerprint density at radius 3 is 2.53 bits per heavy atom. The van der Waals surface area contributed by atoms with Gasteiger partial charge in [-0.25, -0.2) is 9.07 Å². The van der Waals surface area contributed by atoms with E-state index in [0.717, 1.165) is 33.3 Å². The smallest absolute Gasteiger partial charge is 0.246 e. The van der Waals surface area contributed by atoms with Crippen LogP contribution >= 0.6 is 0 Å². The number of hydrogen-bond donors (Lipinski definition) is 1. The largest absolute Gasteiger partial charge is 0.484 e. The van der Waals surface area contributed by atoms with Crippen LogP contribution in [0.3, 0.4) is 0 Å². The van der Waals surface area contributed by atoms with Gasteiger partial charge in [0.05, 0.1) is 23.4 Å². The molecule has 4 rings (SSSR count). The molecule has 4 aromatic rings. The molecule has 2 atom stereocenters. The number of fused-ring (bicyclic) bond motifs is 1. The molecular weight excluding hydrogens is 429 g/mol. The van der Waals surface area contributed by atoms with Gasteiger partial charge in [0.2, 0.25) is 5.91 Å². The first-order valence-electron chi connectivity index (χ1n) is 11.2. The summed E-state index contributed by atoms with van der Waals surface area (Å²) in [6.45, 7) is 11.4. The van der Waals surface area contributed by atoms with Crippen LogP contribution in [0.25, 0.3) is 16.6 Å². The number of amides is 1. The van der Waals surface area contributed by atoms with Crippen LogP contribution in [0.5, 0.6) is 5.75 Å². The van der Waals surface area contributed by atoms with Gasteiger partial charge in [-0.1, -0.05) is 30.3 Å². The summed E-state index contributed by atoms with van der Waals surface area (Å²) in [6, 6.07) is 17.8. The van der Waals surface area contributed by atoms with Gasteiger partial charge in [-0.3, -0.25) is 4.79 Å². The second-order valence-electron chi connectivity index (χ2n) is 8.69. The molecule has 0 spiro atoms. The number of rotatable bonds is 7. The molecule has 0 saturated heterocycles. The van der Waals surface area contributed by atoms with Crippen molar-refractivity contribution in [1.82, 2.24) is 15.1 Å². The van der Waals surface area contributed by atoms with Crippen molar-refractivity contribution < 1.29 is 13.9 Å². The molecule has 1 amide bonds. The van der Waals surface area contributed by atoms with Crippen LogP contribution < -0.4 is 10.1 Å². The minimum atomic E-state index is -0.409. The minimum Gasteiger partial charge on any atom is -0.484 e. The molecule has 0 radical (unpaired) electrons. The third-order valence-corrected chi connectivity index (χ3v) is 5.82. The Bertz CT molecular complexity index is 1360. The maximum absolute atomic E-state index is 13.3. The highest BCUT2D eigenvalue weighted by Crippen LogP contribution is 2.31. The first-order chi connectivity index (χ1) is 16.2. The lowest BCUT2D eigenvalue weighted by molar-refractivity contribution is -0.118. The first-order valence-corrected chi connectivity index (χ1v) is 11.2. The molecule has 1 N–H and O–H groups in total. The molecule has 0 saturated carbocycles. The van der Waals surface area contributed by atoms with Gasteiger partial charge in [0.25, 0.3) is 0 Å². The summed E-state index contributed by atoms with van der Waals surface area (Å²) in [5, 5.41) is 8.36. The van der Waals surface area contributed by atoms with Gasteiger partial charge in [-0.05, 0) is 81.3 Å². The van der Waals surface area contributed by atoms with Crippen LogP contribution in [-0.2, 0) is 4.79 Å². The molecule has 3 aromatic carbocycles. The number of halogens is 1. The number of benzene rings is 3. The van der Waals surface area contributed by atoms with Gasteiger partial charge in [0.1, 0.15) is 17.7 Å². The zero-order chi connectivity index (χ0) is 24.4. The zero-order valence-corrected chi connectivity index (χ0v) is 19.8. The Morgan fingerprint density at radius 2 is 1.82 bits per heavy atom. The monoisotopic (exact) mass is 457 g/mol. The number of carbonyl (C=O) groups excluding carboxylic acids is 1. The van der Waals surface area contributed by atoms with E-state index in [2.05, 4.69) is 35.2 Å². The van der Waals surface area contributed by atoms with Crippen molar-refractivity contribution in [3.05, 3.63) is 102 Å². The summed E-state index contributed by atoms with van der Waals surface area (Å²) >= 11 is 0. The molecule has 0 aliphatic carbocycles. The number of aromatic nitrogens is 2. The molecule has 0 aliphatic rings. The van der Waals surface area contributed by atoms with E-state index in [0.29, 0.717) is 11.3 Å². The molecule has 34 heavy (non-hydrogen) atoms. The number of carbonyl (C=O) groups is 1. The lowest BCUT2D eigenvalue weighted by atomic mass is 9.96. The van der Waals surface area contributed by atoms with E-state index in [-0.39, 0.29) is 17.8 Å². The Hall–Kier alpha value is -3.93. The normalized spacial score (nSPS) is 12.9. The predicted octanol–water partition coefficient (Wildman–Crippen LogP) is 5.98. The number of nitrogens with one attached hydrogen (secondary N) is 1. The Morgan fingerprint density at radius 1 is 1.09 bits per heavy atom. The van der Waals surface area contributed by atoms with E-state index < -0.39 is 6.10 Å². The molecule has 5 nitrogen and oxygen atoms in total. The minimum absolute atomic E-state index is 0.206. The van der Waals surface area contributed by atoms with Crippen LogP contribution in [0.1, 0.15) is 36.6 Å². The van der Waals surface area contributed by atoms with Crippen molar-refractivity contribution in [2.24, 2.45) is 0 Å². The highest BCUT2D eigenvalue weighted by Gasteiger charge is 2.25. The maximum Gasteiger partial charge on any atom is 0.246 e. The van der Waals surface area contributed by atoms with Crippen molar-refractivity contribution in [2.45, 2.75) is 39.8 Å². The van der Waals surface area contributed by atoms with E-state index in [1.807, 2.05) is 39.0 Å². The molecule has 1 aromatic heterocycles. The van der Waals surface area contributed by atoms with E-state index >= 15 is 0 Å². The third kappa shape index (κ3) is 4.86. The van der Waals surface area contributed by atoms with E-state index in [1.54, 1.807) is 29.9 Å². The fourth-order valence-electron chi connectivity index (χ4n) is 3.93. The van der Waals surface area contributed by atoms with Gasteiger partial charge in [-0.2, -0.15) is 5.10 Å². The number of aryl methyl sites for hydroxylation is 2. The van der Waals surface area contributed by atoms with Crippen LogP contribution in [0.15, 0.2) is 79.0 Å².